The van der Waals surface area contributed by atoms with Gasteiger partial charge in [0.1, 0.15) is 11.1 Å². The Kier molecular flexibility index (Phi) is 25.2. The maximum absolute atomic E-state index is 12.5. The van der Waals surface area contributed by atoms with Crippen LogP contribution >= 0.6 is 0 Å². The first kappa shape index (κ1) is 45.6. The van der Waals surface area contributed by atoms with Gasteiger partial charge in [-0.2, -0.15) is 0 Å². The summed E-state index contributed by atoms with van der Waals surface area (Å²) in [6, 6.07) is 11.7. The molecular formula is C40H70N2O5S+2. The molecule has 0 radical (unpaired) electrons. The Hall–Kier alpha value is -2.39. The number of unbranched alkanes of at least 4 members (excludes halogenated alkanes) is 6. The highest BCUT2D eigenvalue weighted by molar-refractivity contribution is 7.91. The summed E-state index contributed by atoms with van der Waals surface area (Å²) in [6.45, 7) is 22.1. The Morgan fingerprint density at radius 1 is 0.521 bits per heavy atom. The third-order valence-electron chi connectivity index (χ3n) is 8.94. The van der Waals surface area contributed by atoms with Crippen molar-refractivity contribution in [3.63, 3.8) is 0 Å². The second kappa shape index (κ2) is 26.5. The standard InChI is InChI=1S/C14H10O5S.2C13H30N/c15-13(16)9-5-1-3-7-11(9)20(19)12-8-4-2-6-10(12)14(17)18;2*1-5-8-11-14(4,12-9-6-2)13-10-7-3/h1-8H,(H,15,16)(H,17,18);2*5-13H2,1-4H3/q;2*+1. The van der Waals surface area contributed by atoms with Crippen molar-refractivity contribution in [1.29, 1.82) is 0 Å². The lowest BCUT2D eigenvalue weighted by atomic mass is 10.2. The Bertz CT molecular complexity index is 1010. The summed E-state index contributed by atoms with van der Waals surface area (Å²) in [7, 11) is 4.89. The predicted octanol–water partition coefficient (Wildman–Crippen LogP) is 9.92. The van der Waals surface area contributed by atoms with E-state index in [1.807, 2.05) is 0 Å². The van der Waals surface area contributed by atoms with Crippen molar-refractivity contribution in [2.75, 3.05) is 53.4 Å². The molecule has 7 nitrogen and oxygen atoms in total. The molecular weight excluding hydrogens is 621 g/mol. The number of rotatable bonds is 22. The summed E-state index contributed by atoms with van der Waals surface area (Å²) in [4.78, 5) is 22.4. The Labute approximate surface area is 297 Å². The van der Waals surface area contributed by atoms with Crippen LogP contribution < -0.4 is 0 Å². The molecule has 0 fully saturated rings. The third kappa shape index (κ3) is 18.4. The molecule has 48 heavy (non-hydrogen) atoms. The quantitative estimate of drug-likeness (QED) is 0.0947. The minimum Gasteiger partial charge on any atom is -0.606 e. The zero-order valence-corrected chi connectivity index (χ0v) is 32.6. The Morgan fingerprint density at radius 3 is 0.958 bits per heavy atom. The number of nitrogens with zero attached hydrogens (tertiary/aromatic N) is 2. The summed E-state index contributed by atoms with van der Waals surface area (Å²) in [5.41, 5.74) is -0.211. The molecule has 0 heterocycles. The molecule has 0 aromatic heterocycles. The van der Waals surface area contributed by atoms with Crippen molar-refractivity contribution in [1.82, 2.24) is 0 Å². The van der Waals surface area contributed by atoms with E-state index in [9.17, 15) is 14.1 Å². The second-order valence-corrected chi connectivity index (χ2v) is 15.0. The van der Waals surface area contributed by atoms with Gasteiger partial charge in [0.2, 0.25) is 0 Å². The lowest BCUT2D eigenvalue weighted by Gasteiger charge is -2.34. The van der Waals surface area contributed by atoms with Crippen molar-refractivity contribution < 1.29 is 33.3 Å². The molecule has 274 valence electrons. The van der Waals surface area contributed by atoms with Gasteiger partial charge < -0.3 is 23.7 Å². The van der Waals surface area contributed by atoms with Crippen LogP contribution in [0.2, 0.25) is 0 Å². The minimum absolute atomic E-state index is 0.0775. The highest BCUT2D eigenvalue weighted by Crippen LogP contribution is 2.27. The highest BCUT2D eigenvalue weighted by Gasteiger charge is 2.27. The first-order valence-electron chi connectivity index (χ1n) is 18.6. The van der Waals surface area contributed by atoms with Gasteiger partial charge >= 0.3 is 11.9 Å². The van der Waals surface area contributed by atoms with E-state index in [1.165, 1.54) is 162 Å². The molecule has 0 saturated carbocycles. The molecule has 0 aliphatic heterocycles. The van der Waals surface area contributed by atoms with Gasteiger partial charge in [-0.3, -0.25) is 0 Å². The fraction of sp³-hybridized carbons (Fsp3) is 0.650. The number of hydrogen-bond acceptors (Lipinski definition) is 3. The van der Waals surface area contributed by atoms with E-state index in [0.717, 1.165) is 0 Å². The zero-order chi connectivity index (χ0) is 36.4. The van der Waals surface area contributed by atoms with Crippen molar-refractivity contribution in [2.45, 2.75) is 128 Å². The average Bonchev–Trinajstić information content (AvgIpc) is 3.10. The van der Waals surface area contributed by atoms with Crippen LogP contribution in [0.5, 0.6) is 0 Å². The molecule has 8 heteroatoms. The summed E-state index contributed by atoms with van der Waals surface area (Å²) in [5, 5.41) is 18.2. The summed E-state index contributed by atoms with van der Waals surface area (Å²) in [5.74, 6) is -2.41. The van der Waals surface area contributed by atoms with Gasteiger partial charge in [0.05, 0.1) is 53.4 Å². The van der Waals surface area contributed by atoms with Crippen LogP contribution in [0.1, 0.15) is 139 Å². The van der Waals surface area contributed by atoms with Gasteiger partial charge in [-0.1, -0.05) is 104 Å². The van der Waals surface area contributed by atoms with Gasteiger partial charge in [0.25, 0.3) is 0 Å². The van der Waals surface area contributed by atoms with E-state index in [2.05, 4.69) is 55.6 Å². The van der Waals surface area contributed by atoms with Crippen molar-refractivity contribution in [3.8, 4) is 0 Å². The first-order valence-corrected chi connectivity index (χ1v) is 19.8. The van der Waals surface area contributed by atoms with Gasteiger partial charge in [-0.05, 0) is 62.8 Å². The van der Waals surface area contributed by atoms with Crippen molar-refractivity contribution in [2.24, 2.45) is 0 Å². The van der Waals surface area contributed by atoms with Gasteiger partial charge in [0.15, 0.2) is 9.79 Å². The number of carboxylic acid groups (broad SMARTS) is 2. The van der Waals surface area contributed by atoms with E-state index in [1.54, 1.807) is 12.1 Å². The molecule has 0 bridgehead atoms. The van der Waals surface area contributed by atoms with Gasteiger partial charge in [-0.25, -0.2) is 9.59 Å². The number of quaternary nitrogens is 2. The molecule has 2 N–H and O–H groups in total. The Balaban J connectivity index is 0.000000712. The van der Waals surface area contributed by atoms with Crippen LogP contribution in [0, 0.1) is 0 Å². The SMILES string of the molecule is CCCC[N+](C)(CCCC)CCCC.CCCC[N+](C)(CCCC)CCCC.O=C(O)c1ccccc1[S+]([O-])c1ccccc1C(=O)O. The summed E-state index contributed by atoms with van der Waals surface area (Å²) >= 11 is -1.87. The van der Waals surface area contributed by atoms with E-state index in [4.69, 9.17) is 10.2 Å². The second-order valence-electron chi connectivity index (χ2n) is 13.6. The highest BCUT2D eigenvalue weighted by atomic mass is 32.2. The zero-order valence-electron chi connectivity index (χ0n) is 31.8. The minimum atomic E-state index is -1.87. The fourth-order valence-corrected chi connectivity index (χ4v) is 6.99. The number of benzene rings is 2. The van der Waals surface area contributed by atoms with Crippen LogP contribution in [-0.4, -0.2) is 89.0 Å². The maximum atomic E-state index is 12.5. The van der Waals surface area contributed by atoms with Gasteiger partial charge in [-0.15, -0.1) is 0 Å². The van der Waals surface area contributed by atoms with Crippen LogP contribution in [-0.2, 0) is 11.2 Å². The fourth-order valence-electron chi connectivity index (χ4n) is 5.64. The molecule has 0 aliphatic rings. The molecule has 0 amide bonds. The van der Waals surface area contributed by atoms with E-state index in [0.29, 0.717) is 0 Å². The average molecular weight is 691 g/mol. The smallest absolute Gasteiger partial charge is 0.340 e. The number of hydrogen-bond donors (Lipinski definition) is 2. The third-order valence-corrected chi connectivity index (χ3v) is 10.5. The molecule has 0 aliphatic carbocycles. The predicted molar refractivity (Wildman–Crippen MR) is 202 cm³/mol. The molecule has 0 unspecified atom stereocenters. The molecule has 0 atom stereocenters. The van der Waals surface area contributed by atoms with E-state index < -0.39 is 23.1 Å². The molecule has 0 spiro atoms. The van der Waals surface area contributed by atoms with Crippen LogP contribution in [0.4, 0.5) is 0 Å². The normalized spacial score (nSPS) is 11.4. The largest absolute Gasteiger partial charge is 0.606 e. The topological polar surface area (TPSA) is 97.7 Å². The summed E-state index contributed by atoms with van der Waals surface area (Å²) < 4.78 is 15.1. The van der Waals surface area contributed by atoms with Crippen LogP contribution in [0.3, 0.4) is 0 Å². The van der Waals surface area contributed by atoms with E-state index in [-0.39, 0.29) is 20.9 Å². The molecule has 2 rings (SSSR count). The number of aromatic carboxylic acids is 2. The first-order chi connectivity index (χ1) is 22.9. The lowest BCUT2D eigenvalue weighted by molar-refractivity contribution is -0.910. The lowest BCUT2D eigenvalue weighted by Crippen LogP contribution is -2.46. The maximum Gasteiger partial charge on any atom is 0.340 e. The van der Waals surface area contributed by atoms with Crippen molar-refractivity contribution in [3.05, 3.63) is 59.7 Å². The molecule has 0 saturated heterocycles. The molecule has 2 aromatic carbocycles. The van der Waals surface area contributed by atoms with E-state index >= 15 is 0 Å². The van der Waals surface area contributed by atoms with Crippen LogP contribution in [0.25, 0.3) is 0 Å². The Morgan fingerprint density at radius 2 is 0.750 bits per heavy atom. The van der Waals surface area contributed by atoms with Gasteiger partial charge in [0, 0.05) is 11.2 Å². The van der Waals surface area contributed by atoms with Crippen LogP contribution in [0.15, 0.2) is 58.3 Å². The monoisotopic (exact) mass is 690 g/mol. The van der Waals surface area contributed by atoms with Crippen molar-refractivity contribution >= 4 is 23.1 Å². The molecule has 2 aromatic rings. The number of carboxylic acids is 2. The number of carbonyl (C=O) groups is 2. The summed E-state index contributed by atoms with van der Waals surface area (Å²) in [6.07, 6.45) is 16.4.